The number of carbonyl (C=O) groups excluding carboxylic acids is 1. The van der Waals surface area contributed by atoms with Crippen molar-refractivity contribution in [1.29, 1.82) is 0 Å². The molecule has 1 amide bonds. The summed E-state index contributed by atoms with van der Waals surface area (Å²) in [6.07, 6.45) is 5.15. The number of aryl methyl sites for hydroxylation is 2. The van der Waals surface area contributed by atoms with Crippen LogP contribution in [-0.4, -0.2) is 16.9 Å². The van der Waals surface area contributed by atoms with Crippen LogP contribution in [0.25, 0.3) is 11.3 Å². The number of thiazole rings is 1. The van der Waals surface area contributed by atoms with Crippen LogP contribution in [0, 0.1) is 13.8 Å². The quantitative estimate of drug-likeness (QED) is 0.926. The number of hydrogen-bond donors (Lipinski definition) is 1. The summed E-state index contributed by atoms with van der Waals surface area (Å²) in [6, 6.07) is 8.73. The standard InChI is InChI=1S/C18H22N2OS/c1-12-7-9-14(10-8-12)18-16(22-13(2)19-18)11-17(21)20-15-5-3-4-6-15/h7-10,15H,3-6,11H2,1-2H3,(H,20,21). The number of hydrogen-bond acceptors (Lipinski definition) is 3. The summed E-state index contributed by atoms with van der Waals surface area (Å²) >= 11 is 1.63. The van der Waals surface area contributed by atoms with E-state index < -0.39 is 0 Å². The summed E-state index contributed by atoms with van der Waals surface area (Å²) in [5.41, 5.74) is 3.29. The van der Waals surface area contributed by atoms with E-state index in [0.29, 0.717) is 12.5 Å². The number of benzene rings is 1. The zero-order valence-electron chi connectivity index (χ0n) is 13.2. The summed E-state index contributed by atoms with van der Waals surface area (Å²) < 4.78 is 0. The summed E-state index contributed by atoms with van der Waals surface area (Å²) in [7, 11) is 0. The Labute approximate surface area is 135 Å². The highest BCUT2D eigenvalue weighted by atomic mass is 32.1. The van der Waals surface area contributed by atoms with Crippen molar-refractivity contribution in [2.75, 3.05) is 0 Å². The van der Waals surface area contributed by atoms with Gasteiger partial charge in [-0.05, 0) is 26.7 Å². The fraction of sp³-hybridized carbons (Fsp3) is 0.444. The van der Waals surface area contributed by atoms with E-state index in [-0.39, 0.29) is 5.91 Å². The minimum absolute atomic E-state index is 0.129. The molecule has 1 N–H and O–H groups in total. The first-order chi connectivity index (χ1) is 10.6. The molecule has 1 heterocycles. The molecule has 116 valence electrons. The topological polar surface area (TPSA) is 42.0 Å². The van der Waals surface area contributed by atoms with Gasteiger partial charge in [0.15, 0.2) is 0 Å². The van der Waals surface area contributed by atoms with Crippen molar-refractivity contribution in [3.8, 4) is 11.3 Å². The van der Waals surface area contributed by atoms with Gasteiger partial charge in [0, 0.05) is 16.5 Å². The van der Waals surface area contributed by atoms with Gasteiger partial charge in [-0.15, -0.1) is 11.3 Å². The van der Waals surface area contributed by atoms with E-state index in [0.717, 1.165) is 34.0 Å². The normalized spacial score (nSPS) is 15.2. The molecule has 0 spiro atoms. The number of nitrogens with one attached hydrogen (secondary N) is 1. The van der Waals surface area contributed by atoms with Crippen molar-refractivity contribution in [1.82, 2.24) is 10.3 Å². The Morgan fingerprint density at radius 1 is 1.23 bits per heavy atom. The van der Waals surface area contributed by atoms with Crippen LogP contribution >= 0.6 is 11.3 Å². The summed E-state index contributed by atoms with van der Waals surface area (Å²) in [5.74, 6) is 0.129. The second-order valence-corrected chi connectivity index (χ2v) is 7.38. The summed E-state index contributed by atoms with van der Waals surface area (Å²) in [4.78, 5) is 18.0. The number of rotatable bonds is 4. The molecule has 1 aliphatic rings. The molecule has 0 atom stereocenters. The second-order valence-electron chi connectivity index (χ2n) is 6.10. The monoisotopic (exact) mass is 314 g/mol. The molecule has 2 aromatic rings. The molecule has 1 aromatic carbocycles. The number of aromatic nitrogens is 1. The molecule has 1 aromatic heterocycles. The number of nitrogens with zero attached hydrogens (tertiary/aromatic N) is 1. The highest BCUT2D eigenvalue weighted by molar-refractivity contribution is 7.12. The molecule has 22 heavy (non-hydrogen) atoms. The first-order valence-electron chi connectivity index (χ1n) is 7.94. The van der Waals surface area contributed by atoms with Crippen molar-refractivity contribution in [2.24, 2.45) is 0 Å². The fourth-order valence-corrected chi connectivity index (χ4v) is 3.98. The first kappa shape index (κ1) is 15.2. The predicted molar refractivity (Wildman–Crippen MR) is 91.1 cm³/mol. The molecular weight excluding hydrogens is 292 g/mol. The lowest BCUT2D eigenvalue weighted by Gasteiger charge is -2.11. The SMILES string of the molecule is Cc1ccc(-c2nc(C)sc2CC(=O)NC2CCCC2)cc1. The molecule has 0 saturated heterocycles. The van der Waals surface area contributed by atoms with Gasteiger partial charge in [-0.3, -0.25) is 4.79 Å². The number of amides is 1. The maximum Gasteiger partial charge on any atom is 0.225 e. The lowest BCUT2D eigenvalue weighted by Crippen LogP contribution is -2.33. The van der Waals surface area contributed by atoms with Crippen LogP contribution in [0.2, 0.25) is 0 Å². The number of carbonyl (C=O) groups is 1. The first-order valence-corrected chi connectivity index (χ1v) is 8.76. The second kappa shape index (κ2) is 6.61. The predicted octanol–water partition coefficient (Wildman–Crippen LogP) is 4.03. The van der Waals surface area contributed by atoms with Gasteiger partial charge in [-0.2, -0.15) is 0 Å². The van der Waals surface area contributed by atoms with E-state index in [4.69, 9.17) is 0 Å². The van der Waals surface area contributed by atoms with Gasteiger partial charge in [0.1, 0.15) is 0 Å². The average Bonchev–Trinajstić information content (AvgIpc) is 3.10. The van der Waals surface area contributed by atoms with E-state index in [9.17, 15) is 4.79 Å². The van der Waals surface area contributed by atoms with E-state index >= 15 is 0 Å². The zero-order chi connectivity index (χ0) is 15.5. The Balaban J connectivity index is 1.75. The highest BCUT2D eigenvalue weighted by Gasteiger charge is 2.19. The Morgan fingerprint density at radius 3 is 2.59 bits per heavy atom. The van der Waals surface area contributed by atoms with Crippen LogP contribution in [0.15, 0.2) is 24.3 Å². The van der Waals surface area contributed by atoms with Crippen molar-refractivity contribution in [2.45, 2.75) is 52.0 Å². The van der Waals surface area contributed by atoms with Gasteiger partial charge >= 0.3 is 0 Å². The van der Waals surface area contributed by atoms with Crippen LogP contribution in [0.3, 0.4) is 0 Å². The van der Waals surface area contributed by atoms with Crippen molar-refractivity contribution in [3.63, 3.8) is 0 Å². The van der Waals surface area contributed by atoms with Gasteiger partial charge in [0.25, 0.3) is 0 Å². The molecule has 0 unspecified atom stereocenters. The third-order valence-corrected chi connectivity index (χ3v) is 5.14. The Morgan fingerprint density at radius 2 is 1.91 bits per heavy atom. The van der Waals surface area contributed by atoms with E-state index in [1.54, 1.807) is 11.3 Å². The smallest absolute Gasteiger partial charge is 0.225 e. The molecule has 0 aliphatic heterocycles. The van der Waals surface area contributed by atoms with E-state index in [1.165, 1.54) is 18.4 Å². The molecule has 3 nitrogen and oxygen atoms in total. The van der Waals surface area contributed by atoms with E-state index in [1.807, 2.05) is 6.92 Å². The van der Waals surface area contributed by atoms with Crippen molar-refractivity contribution in [3.05, 3.63) is 39.7 Å². The zero-order valence-corrected chi connectivity index (χ0v) is 14.0. The third-order valence-electron chi connectivity index (χ3n) is 4.17. The minimum Gasteiger partial charge on any atom is -0.353 e. The van der Waals surface area contributed by atoms with Crippen LogP contribution in [0.1, 0.15) is 41.1 Å². The van der Waals surface area contributed by atoms with Gasteiger partial charge < -0.3 is 5.32 Å². The maximum absolute atomic E-state index is 12.3. The molecular formula is C18H22N2OS. The molecule has 0 bridgehead atoms. The lowest BCUT2D eigenvalue weighted by atomic mass is 10.1. The molecule has 1 saturated carbocycles. The third kappa shape index (κ3) is 3.55. The highest BCUT2D eigenvalue weighted by Crippen LogP contribution is 2.29. The van der Waals surface area contributed by atoms with E-state index in [2.05, 4.69) is 41.5 Å². The van der Waals surface area contributed by atoms with Gasteiger partial charge in [-0.25, -0.2) is 4.98 Å². The van der Waals surface area contributed by atoms with Crippen molar-refractivity contribution >= 4 is 17.2 Å². The van der Waals surface area contributed by atoms with Gasteiger partial charge in [0.05, 0.1) is 17.1 Å². The van der Waals surface area contributed by atoms with Crippen LogP contribution < -0.4 is 5.32 Å². The molecule has 4 heteroatoms. The Kier molecular flexibility index (Phi) is 4.57. The summed E-state index contributed by atoms with van der Waals surface area (Å²) in [6.45, 7) is 4.08. The lowest BCUT2D eigenvalue weighted by molar-refractivity contribution is -0.121. The minimum atomic E-state index is 0.129. The summed E-state index contributed by atoms with van der Waals surface area (Å²) in [5, 5.41) is 4.18. The van der Waals surface area contributed by atoms with Crippen LogP contribution in [0.5, 0.6) is 0 Å². The van der Waals surface area contributed by atoms with Crippen molar-refractivity contribution < 1.29 is 4.79 Å². The fourth-order valence-electron chi connectivity index (χ4n) is 3.02. The molecule has 3 rings (SSSR count). The van der Waals surface area contributed by atoms with Crippen LogP contribution in [-0.2, 0) is 11.2 Å². The Bertz CT molecular complexity index is 654. The molecule has 1 fully saturated rings. The Hall–Kier alpha value is -1.68. The maximum atomic E-state index is 12.3. The molecule has 0 radical (unpaired) electrons. The molecule has 1 aliphatic carbocycles. The van der Waals surface area contributed by atoms with Gasteiger partial charge in [-0.1, -0.05) is 42.7 Å². The van der Waals surface area contributed by atoms with Crippen LogP contribution in [0.4, 0.5) is 0 Å². The average molecular weight is 314 g/mol. The largest absolute Gasteiger partial charge is 0.353 e. The van der Waals surface area contributed by atoms with Gasteiger partial charge in [0.2, 0.25) is 5.91 Å².